The maximum absolute atomic E-state index is 12.1. The summed E-state index contributed by atoms with van der Waals surface area (Å²) in [5.74, 6) is 0.0636. The van der Waals surface area contributed by atoms with Gasteiger partial charge in [0.05, 0.1) is 12.2 Å². The zero-order chi connectivity index (χ0) is 17.5. The Labute approximate surface area is 144 Å². The van der Waals surface area contributed by atoms with E-state index in [1.54, 1.807) is 0 Å². The third kappa shape index (κ3) is 5.20. The number of hydrogen-bond donors (Lipinski definition) is 1. The molecule has 1 aromatic carbocycles. The number of aryl methyl sites for hydroxylation is 3. The first-order valence-corrected chi connectivity index (χ1v) is 8.50. The minimum Gasteiger partial charge on any atom is -0.355 e. The molecule has 5 nitrogen and oxygen atoms in total. The zero-order valence-electron chi connectivity index (χ0n) is 15.1. The molecular weight excluding hydrogens is 300 g/mol. The molecule has 0 aliphatic carbocycles. The molecule has 5 heteroatoms. The molecule has 0 saturated carbocycles. The van der Waals surface area contributed by atoms with Crippen molar-refractivity contribution in [1.29, 1.82) is 0 Å². The molecule has 0 fully saturated rings. The first-order chi connectivity index (χ1) is 11.5. The molecule has 1 amide bonds. The lowest BCUT2D eigenvalue weighted by Crippen LogP contribution is -2.37. The lowest BCUT2D eigenvalue weighted by Gasteiger charge is -2.24. The second-order valence-electron chi connectivity index (χ2n) is 6.36. The summed E-state index contributed by atoms with van der Waals surface area (Å²) in [6.45, 7) is 8.07. The number of carbonyl (C=O) groups is 1. The Morgan fingerprint density at radius 1 is 1.29 bits per heavy atom. The van der Waals surface area contributed by atoms with Gasteiger partial charge in [0.15, 0.2) is 0 Å². The number of carbonyl (C=O) groups excluding carboxylic acids is 1. The molecule has 0 bridgehead atoms. The molecule has 1 N–H and O–H groups in total. The van der Waals surface area contributed by atoms with E-state index in [2.05, 4.69) is 47.4 Å². The Hall–Kier alpha value is -2.14. The largest absolute Gasteiger partial charge is 0.355 e. The monoisotopic (exact) mass is 328 g/mol. The molecule has 24 heavy (non-hydrogen) atoms. The Morgan fingerprint density at radius 3 is 2.62 bits per heavy atom. The van der Waals surface area contributed by atoms with E-state index in [0.717, 1.165) is 24.4 Å². The van der Waals surface area contributed by atoms with Crippen LogP contribution in [0.25, 0.3) is 0 Å². The van der Waals surface area contributed by atoms with E-state index in [1.165, 1.54) is 5.56 Å². The maximum Gasteiger partial charge on any atom is 0.234 e. The van der Waals surface area contributed by atoms with Crippen LogP contribution in [0.1, 0.15) is 36.3 Å². The summed E-state index contributed by atoms with van der Waals surface area (Å²) < 4.78 is 1.99. The molecule has 130 valence electrons. The Morgan fingerprint density at radius 2 is 2.00 bits per heavy atom. The van der Waals surface area contributed by atoms with E-state index in [4.69, 9.17) is 0 Å². The molecule has 0 aliphatic rings. The molecular formula is C19H28N4O. The van der Waals surface area contributed by atoms with Crippen LogP contribution in [0.3, 0.4) is 0 Å². The fourth-order valence-corrected chi connectivity index (χ4v) is 2.76. The number of hydrogen-bond acceptors (Lipinski definition) is 3. The summed E-state index contributed by atoms with van der Waals surface area (Å²) in [5.41, 5.74) is 3.42. The molecule has 0 aliphatic heterocycles. The third-order valence-electron chi connectivity index (χ3n) is 4.31. The highest BCUT2D eigenvalue weighted by atomic mass is 16.2. The molecule has 1 aromatic heterocycles. The smallest absolute Gasteiger partial charge is 0.234 e. The van der Waals surface area contributed by atoms with E-state index < -0.39 is 0 Å². The highest BCUT2D eigenvalue weighted by Crippen LogP contribution is 2.17. The van der Waals surface area contributed by atoms with Crippen LogP contribution in [-0.2, 0) is 11.3 Å². The highest BCUT2D eigenvalue weighted by molar-refractivity contribution is 5.78. The van der Waals surface area contributed by atoms with E-state index in [0.29, 0.717) is 13.1 Å². The number of aromatic nitrogens is 2. The second kappa shape index (κ2) is 8.64. The van der Waals surface area contributed by atoms with Crippen LogP contribution in [0.5, 0.6) is 0 Å². The van der Waals surface area contributed by atoms with E-state index in [-0.39, 0.29) is 11.9 Å². The van der Waals surface area contributed by atoms with Gasteiger partial charge in [0.1, 0.15) is 0 Å². The molecule has 1 atom stereocenters. The van der Waals surface area contributed by atoms with Gasteiger partial charge >= 0.3 is 0 Å². The van der Waals surface area contributed by atoms with Gasteiger partial charge in [0.25, 0.3) is 0 Å². The molecule has 1 unspecified atom stereocenters. The van der Waals surface area contributed by atoms with Crippen LogP contribution >= 0.6 is 0 Å². The summed E-state index contributed by atoms with van der Waals surface area (Å²) in [7, 11) is 1.98. The molecule has 1 heterocycles. The first kappa shape index (κ1) is 18.2. The number of benzene rings is 1. The fourth-order valence-electron chi connectivity index (χ4n) is 2.76. The molecule has 0 radical (unpaired) electrons. The molecule has 0 saturated heterocycles. The number of rotatable bonds is 8. The lowest BCUT2D eigenvalue weighted by molar-refractivity contribution is -0.122. The topological polar surface area (TPSA) is 50.2 Å². The first-order valence-electron chi connectivity index (χ1n) is 8.50. The van der Waals surface area contributed by atoms with Crippen molar-refractivity contribution in [2.45, 2.75) is 39.8 Å². The van der Waals surface area contributed by atoms with Crippen LogP contribution < -0.4 is 5.32 Å². The van der Waals surface area contributed by atoms with Gasteiger partial charge in [0.2, 0.25) is 5.91 Å². The van der Waals surface area contributed by atoms with Crippen molar-refractivity contribution in [2.24, 2.45) is 0 Å². The van der Waals surface area contributed by atoms with Gasteiger partial charge in [0, 0.05) is 24.8 Å². The minimum absolute atomic E-state index is 0.0636. The van der Waals surface area contributed by atoms with Crippen LogP contribution in [0.2, 0.25) is 0 Å². The number of amides is 1. The summed E-state index contributed by atoms with van der Waals surface area (Å²) in [5, 5.41) is 7.42. The summed E-state index contributed by atoms with van der Waals surface area (Å²) in [4.78, 5) is 14.2. The summed E-state index contributed by atoms with van der Waals surface area (Å²) >= 11 is 0. The predicted octanol–water partition coefficient (Wildman–Crippen LogP) is 2.70. The molecule has 0 spiro atoms. The fraction of sp³-hybridized carbons (Fsp3) is 0.474. The van der Waals surface area contributed by atoms with Crippen LogP contribution in [0.15, 0.2) is 36.4 Å². The third-order valence-corrected chi connectivity index (χ3v) is 4.31. The quantitative estimate of drug-likeness (QED) is 0.758. The van der Waals surface area contributed by atoms with E-state index in [1.807, 2.05) is 36.9 Å². The van der Waals surface area contributed by atoms with E-state index in [9.17, 15) is 4.79 Å². The zero-order valence-corrected chi connectivity index (χ0v) is 15.1. The number of likely N-dealkylation sites (N-methyl/N-ethyl adjacent to an activating group) is 1. The van der Waals surface area contributed by atoms with Gasteiger partial charge < -0.3 is 5.32 Å². The van der Waals surface area contributed by atoms with Gasteiger partial charge in [-0.15, -0.1) is 0 Å². The minimum atomic E-state index is 0.0636. The summed E-state index contributed by atoms with van der Waals surface area (Å²) in [6, 6.07) is 12.5. The Bertz CT molecular complexity index is 651. The van der Waals surface area contributed by atoms with Gasteiger partial charge in [-0.2, -0.15) is 5.10 Å². The van der Waals surface area contributed by atoms with E-state index >= 15 is 0 Å². The van der Waals surface area contributed by atoms with Crippen LogP contribution in [-0.4, -0.2) is 40.7 Å². The summed E-state index contributed by atoms with van der Waals surface area (Å²) in [6.07, 6.45) is 0.881. The van der Waals surface area contributed by atoms with Crippen molar-refractivity contribution in [3.63, 3.8) is 0 Å². The van der Waals surface area contributed by atoms with Gasteiger partial charge in [-0.05, 0) is 45.9 Å². The predicted molar refractivity (Wildman–Crippen MR) is 96.8 cm³/mol. The second-order valence-corrected chi connectivity index (χ2v) is 6.36. The molecule has 2 aromatic rings. The van der Waals surface area contributed by atoms with Crippen molar-refractivity contribution in [2.75, 3.05) is 20.1 Å². The van der Waals surface area contributed by atoms with Crippen molar-refractivity contribution >= 4 is 5.91 Å². The van der Waals surface area contributed by atoms with Crippen molar-refractivity contribution in [3.8, 4) is 0 Å². The average molecular weight is 328 g/mol. The highest BCUT2D eigenvalue weighted by Gasteiger charge is 2.14. The SMILES string of the molecule is Cc1cc(C)n(CCCNC(=O)CN(C)C(C)c2ccccc2)n1. The van der Waals surface area contributed by atoms with Crippen LogP contribution in [0.4, 0.5) is 0 Å². The van der Waals surface area contributed by atoms with Crippen molar-refractivity contribution < 1.29 is 4.79 Å². The lowest BCUT2D eigenvalue weighted by atomic mass is 10.1. The maximum atomic E-state index is 12.1. The Kier molecular flexibility index (Phi) is 6.55. The van der Waals surface area contributed by atoms with Crippen molar-refractivity contribution in [1.82, 2.24) is 20.0 Å². The van der Waals surface area contributed by atoms with Gasteiger partial charge in [-0.25, -0.2) is 0 Å². The number of nitrogens with zero attached hydrogens (tertiary/aromatic N) is 3. The van der Waals surface area contributed by atoms with Gasteiger partial charge in [-0.1, -0.05) is 30.3 Å². The Balaban J connectivity index is 1.70. The molecule has 2 rings (SSSR count). The van der Waals surface area contributed by atoms with Crippen molar-refractivity contribution in [3.05, 3.63) is 53.3 Å². The van der Waals surface area contributed by atoms with Crippen LogP contribution in [0, 0.1) is 13.8 Å². The standard InChI is InChI=1S/C19H28N4O/c1-15-13-16(2)23(21-15)12-8-11-20-19(24)14-22(4)17(3)18-9-6-5-7-10-18/h5-7,9-10,13,17H,8,11-12,14H2,1-4H3,(H,20,24). The average Bonchev–Trinajstić information content (AvgIpc) is 2.89. The normalized spacial score (nSPS) is 12.4. The number of nitrogens with one attached hydrogen (secondary N) is 1. The van der Waals surface area contributed by atoms with Gasteiger partial charge in [-0.3, -0.25) is 14.4 Å².